The monoisotopic (exact) mass is 248 g/mol. The van der Waals surface area contributed by atoms with E-state index in [0.29, 0.717) is 0 Å². The fraction of sp³-hybridized carbons (Fsp3) is 0.500. The van der Waals surface area contributed by atoms with E-state index in [1.54, 1.807) is 7.11 Å². The third-order valence-corrected chi connectivity index (χ3v) is 3.48. The van der Waals surface area contributed by atoms with Crippen molar-refractivity contribution in [3.8, 4) is 5.75 Å². The highest BCUT2D eigenvalue weighted by Crippen LogP contribution is 2.26. The van der Waals surface area contributed by atoms with Gasteiger partial charge in [-0.05, 0) is 50.6 Å². The molecule has 1 fully saturated rings. The van der Waals surface area contributed by atoms with Crippen molar-refractivity contribution in [1.82, 2.24) is 5.32 Å². The van der Waals surface area contributed by atoms with Crippen LogP contribution in [0.25, 0.3) is 0 Å². The minimum atomic E-state index is -0.0545. The van der Waals surface area contributed by atoms with Crippen LogP contribution in [-0.4, -0.2) is 32.7 Å². The van der Waals surface area contributed by atoms with E-state index in [2.05, 4.69) is 5.32 Å². The second-order valence-electron chi connectivity index (χ2n) is 4.63. The van der Waals surface area contributed by atoms with Gasteiger partial charge in [0.05, 0.1) is 13.2 Å². The molecule has 1 unspecified atom stereocenters. The number of piperidine rings is 1. The van der Waals surface area contributed by atoms with Gasteiger partial charge in [0.15, 0.2) is 0 Å². The molecule has 1 saturated heterocycles. The summed E-state index contributed by atoms with van der Waals surface area (Å²) >= 11 is 0. The molecule has 0 spiro atoms. The number of rotatable bonds is 3. The number of ether oxygens (including phenoxy) is 1. The van der Waals surface area contributed by atoms with E-state index in [9.17, 15) is 4.79 Å². The first-order valence-electron chi connectivity index (χ1n) is 6.30. The summed E-state index contributed by atoms with van der Waals surface area (Å²) in [5, 5.41) is 3.07. The number of nitrogens with zero attached hydrogens (tertiary/aromatic N) is 1. The Balaban J connectivity index is 2.25. The quantitative estimate of drug-likeness (QED) is 0.885. The molecule has 1 aromatic carbocycles. The second-order valence-corrected chi connectivity index (χ2v) is 4.63. The molecule has 1 aliphatic rings. The number of carbonyl (C=O) groups excluding carboxylic acids is 1. The van der Waals surface area contributed by atoms with Crippen molar-refractivity contribution < 1.29 is 9.53 Å². The summed E-state index contributed by atoms with van der Waals surface area (Å²) in [6.07, 6.45) is 1.95. The van der Waals surface area contributed by atoms with E-state index in [1.165, 1.54) is 0 Å². The largest absolute Gasteiger partial charge is 0.496 e. The van der Waals surface area contributed by atoms with Gasteiger partial charge in [0.2, 0.25) is 5.91 Å². The summed E-state index contributed by atoms with van der Waals surface area (Å²) in [6, 6.07) is 5.82. The topological polar surface area (TPSA) is 41.6 Å². The summed E-state index contributed by atoms with van der Waals surface area (Å²) in [5.41, 5.74) is 2.01. The number of carbonyl (C=O) groups is 1. The van der Waals surface area contributed by atoms with Crippen LogP contribution in [0, 0.1) is 6.92 Å². The molecule has 98 valence electrons. The summed E-state index contributed by atoms with van der Waals surface area (Å²) in [4.78, 5) is 14.1. The van der Waals surface area contributed by atoms with Crippen LogP contribution in [0.3, 0.4) is 0 Å². The van der Waals surface area contributed by atoms with Gasteiger partial charge in [-0.25, -0.2) is 0 Å². The first-order chi connectivity index (χ1) is 8.67. The molecule has 1 atom stereocenters. The lowest BCUT2D eigenvalue weighted by Crippen LogP contribution is -2.49. The third kappa shape index (κ3) is 2.34. The normalized spacial score (nSPS) is 20.1. The molecule has 0 bridgehead atoms. The van der Waals surface area contributed by atoms with E-state index >= 15 is 0 Å². The van der Waals surface area contributed by atoms with Crippen LogP contribution in [0.5, 0.6) is 5.75 Å². The van der Waals surface area contributed by atoms with Crippen LogP contribution in [0.1, 0.15) is 18.4 Å². The molecule has 4 nitrogen and oxygen atoms in total. The van der Waals surface area contributed by atoms with Gasteiger partial charge in [0.1, 0.15) is 5.75 Å². The van der Waals surface area contributed by atoms with Gasteiger partial charge in [-0.2, -0.15) is 0 Å². The maximum atomic E-state index is 12.3. The lowest BCUT2D eigenvalue weighted by molar-refractivity contribution is -0.121. The third-order valence-electron chi connectivity index (χ3n) is 3.48. The zero-order valence-corrected chi connectivity index (χ0v) is 11.2. The van der Waals surface area contributed by atoms with Crippen LogP contribution >= 0.6 is 0 Å². The number of likely N-dealkylation sites (N-methyl/N-ethyl adjacent to an activating group) is 1. The van der Waals surface area contributed by atoms with Crippen LogP contribution in [0.2, 0.25) is 0 Å². The highest BCUT2D eigenvalue weighted by atomic mass is 16.5. The molecule has 1 heterocycles. The number of benzene rings is 1. The number of anilines is 1. The summed E-state index contributed by atoms with van der Waals surface area (Å²) < 4.78 is 5.24. The molecule has 2 rings (SSSR count). The molecular formula is C14H20N2O2. The van der Waals surface area contributed by atoms with Crippen molar-refractivity contribution in [2.24, 2.45) is 0 Å². The summed E-state index contributed by atoms with van der Waals surface area (Å²) in [5.74, 6) is 1.02. The van der Waals surface area contributed by atoms with E-state index in [0.717, 1.165) is 36.4 Å². The van der Waals surface area contributed by atoms with Gasteiger partial charge < -0.3 is 15.0 Å². The Labute approximate surface area is 108 Å². The van der Waals surface area contributed by atoms with E-state index < -0.39 is 0 Å². The average Bonchev–Trinajstić information content (AvgIpc) is 2.39. The van der Waals surface area contributed by atoms with Gasteiger partial charge in [0, 0.05) is 12.2 Å². The fourth-order valence-electron chi connectivity index (χ4n) is 2.43. The number of nitrogens with one attached hydrogen (secondary N) is 1. The lowest BCUT2D eigenvalue weighted by atomic mass is 10.0. The molecule has 1 aromatic rings. The minimum absolute atomic E-state index is 0.0545. The molecule has 1 aliphatic heterocycles. The van der Waals surface area contributed by atoms with Crippen molar-refractivity contribution in [3.05, 3.63) is 23.8 Å². The average molecular weight is 248 g/mol. The van der Waals surface area contributed by atoms with Crippen molar-refractivity contribution in [1.29, 1.82) is 0 Å². The van der Waals surface area contributed by atoms with Gasteiger partial charge in [-0.3, -0.25) is 4.79 Å². The molecule has 1 amide bonds. The first kappa shape index (κ1) is 12.9. The Hall–Kier alpha value is -1.55. The Morgan fingerprint density at radius 1 is 1.44 bits per heavy atom. The van der Waals surface area contributed by atoms with Gasteiger partial charge >= 0.3 is 0 Å². The minimum Gasteiger partial charge on any atom is -0.496 e. The Morgan fingerprint density at radius 2 is 2.22 bits per heavy atom. The van der Waals surface area contributed by atoms with E-state index in [1.807, 2.05) is 37.1 Å². The molecule has 18 heavy (non-hydrogen) atoms. The van der Waals surface area contributed by atoms with Crippen molar-refractivity contribution in [2.45, 2.75) is 25.8 Å². The zero-order valence-electron chi connectivity index (χ0n) is 11.2. The SMILES string of the molecule is CNC1CCCN(c2ccc(OC)c(C)c2)C1=O. The lowest BCUT2D eigenvalue weighted by Gasteiger charge is -2.32. The highest BCUT2D eigenvalue weighted by Gasteiger charge is 2.28. The van der Waals surface area contributed by atoms with Crippen LogP contribution in [0.15, 0.2) is 18.2 Å². The second kappa shape index (κ2) is 5.40. The van der Waals surface area contributed by atoms with Crippen LogP contribution in [-0.2, 0) is 4.79 Å². The molecule has 0 aromatic heterocycles. The van der Waals surface area contributed by atoms with Crippen molar-refractivity contribution in [2.75, 3.05) is 25.6 Å². The predicted molar refractivity (Wildman–Crippen MR) is 72.2 cm³/mol. The standard InChI is InChI=1S/C14H20N2O2/c1-10-9-11(6-7-13(10)18-3)16-8-4-5-12(15-2)14(16)17/h6-7,9,12,15H,4-5,8H2,1-3H3. The molecule has 4 heteroatoms. The Kier molecular flexibility index (Phi) is 3.87. The Bertz CT molecular complexity index is 445. The predicted octanol–water partition coefficient (Wildman–Crippen LogP) is 1.72. The summed E-state index contributed by atoms with van der Waals surface area (Å²) in [6.45, 7) is 2.79. The van der Waals surface area contributed by atoms with Crippen molar-refractivity contribution >= 4 is 11.6 Å². The smallest absolute Gasteiger partial charge is 0.244 e. The highest BCUT2D eigenvalue weighted by molar-refractivity contribution is 5.98. The molecular weight excluding hydrogens is 228 g/mol. The van der Waals surface area contributed by atoms with Gasteiger partial charge in [-0.1, -0.05) is 0 Å². The summed E-state index contributed by atoms with van der Waals surface area (Å²) in [7, 11) is 3.50. The van der Waals surface area contributed by atoms with E-state index in [4.69, 9.17) is 4.74 Å². The van der Waals surface area contributed by atoms with E-state index in [-0.39, 0.29) is 11.9 Å². The van der Waals surface area contributed by atoms with Crippen molar-refractivity contribution in [3.63, 3.8) is 0 Å². The number of amides is 1. The number of hydrogen-bond donors (Lipinski definition) is 1. The fourth-order valence-corrected chi connectivity index (χ4v) is 2.43. The van der Waals surface area contributed by atoms with Gasteiger partial charge in [-0.15, -0.1) is 0 Å². The number of methoxy groups -OCH3 is 1. The molecule has 0 aliphatic carbocycles. The Morgan fingerprint density at radius 3 is 2.83 bits per heavy atom. The maximum absolute atomic E-state index is 12.3. The number of hydrogen-bond acceptors (Lipinski definition) is 3. The number of aryl methyl sites for hydroxylation is 1. The van der Waals surface area contributed by atoms with Crippen LogP contribution in [0.4, 0.5) is 5.69 Å². The van der Waals surface area contributed by atoms with Crippen LogP contribution < -0.4 is 15.0 Å². The first-order valence-corrected chi connectivity index (χ1v) is 6.30. The maximum Gasteiger partial charge on any atom is 0.244 e. The molecule has 0 radical (unpaired) electrons. The molecule has 0 saturated carbocycles. The van der Waals surface area contributed by atoms with Gasteiger partial charge in [0.25, 0.3) is 0 Å². The molecule has 1 N–H and O–H groups in total. The zero-order chi connectivity index (χ0) is 13.1.